The zero-order valence-electron chi connectivity index (χ0n) is 11.5. The van der Waals surface area contributed by atoms with Crippen molar-refractivity contribution in [1.82, 2.24) is 19.6 Å². The van der Waals surface area contributed by atoms with Crippen molar-refractivity contribution in [2.45, 2.75) is 6.54 Å². The smallest absolute Gasteiger partial charge is 0.292 e. The van der Waals surface area contributed by atoms with Gasteiger partial charge in [-0.3, -0.25) is 4.79 Å². The Morgan fingerprint density at radius 3 is 2.67 bits per heavy atom. The normalized spacial score (nSPS) is 10.7. The van der Waals surface area contributed by atoms with Crippen molar-refractivity contribution in [3.8, 4) is 17.0 Å². The Balaban J connectivity index is 1.90. The van der Waals surface area contributed by atoms with E-state index < -0.39 is 5.56 Å². The van der Waals surface area contributed by atoms with Crippen LogP contribution in [-0.4, -0.2) is 24.7 Å². The summed E-state index contributed by atoms with van der Waals surface area (Å²) < 4.78 is 3.04. The van der Waals surface area contributed by atoms with Crippen LogP contribution in [0.2, 0.25) is 0 Å². The summed E-state index contributed by atoms with van der Waals surface area (Å²) in [4.78, 5) is 11.5. The summed E-state index contributed by atoms with van der Waals surface area (Å²) in [6, 6.07) is 11.3. The van der Waals surface area contributed by atoms with Crippen LogP contribution in [0.3, 0.4) is 0 Å². The lowest BCUT2D eigenvalue weighted by molar-refractivity contribution is 0.461. The number of aromatic nitrogens is 4. The fraction of sp³-hybridized carbons (Fsp3) is 0.133. The van der Waals surface area contributed by atoms with E-state index in [-0.39, 0.29) is 5.75 Å². The molecule has 0 bridgehead atoms. The van der Waals surface area contributed by atoms with Crippen LogP contribution in [-0.2, 0) is 13.6 Å². The predicted molar refractivity (Wildman–Crippen MR) is 77.9 cm³/mol. The summed E-state index contributed by atoms with van der Waals surface area (Å²) in [6.45, 7) is 0.617. The molecule has 0 saturated carbocycles. The first-order valence-electron chi connectivity index (χ1n) is 6.47. The summed E-state index contributed by atoms with van der Waals surface area (Å²) in [5.74, 6) is -0.299. The minimum atomic E-state index is -0.435. The van der Waals surface area contributed by atoms with Crippen molar-refractivity contribution in [3.05, 3.63) is 64.7 Å². The molecule has 6 nitrogen and oxygen atoms in total. The van der Waals surface area contributed by atoms with Gasteiger partial charge in [-0.25, -0.2) is 4.68 Å². The second kappa shape index (κ2) is 5.24. The summed E-state index contributed by atoms with van der Waals surface area (Å²) in [6.07, 6.45) is 3.41. The fourth-order valence-corrected chi connectivity index (χ4v) is 2.11. The molecule has 0 aliphatic rings. The lowest BCUT2D eigenvalue weighted by Gasteiger charge is -2.02. The van der Waals surface area contributed by atoms with E-state index in [4.69, 9.17) is 0 Å². The molecule has 0 unspecified atom stereocenters. The van der Waals surface area contributed by atoms with Gasteiger partial charge in [-0.2, -0.15) is 0 Å². The van der Waals surface area contributed by atoms with E-state index in [1.165, 1.54) is 10.6 Å². The topological polar surface area (TPSA) is 72.9 Å². The molecule has 21 heavy (non-hydrogen) atoms. The largest absolute Gasteiger partial charge is 0.503 e. The fourth-order valence-electron chi connectivity index (χ4n) is 2.11. The van der Waals surface area contributed by atoms with Gasteiger partial charge in [0.25, 0.3) is 5.56 Å². The maximum absolute atomic E-state index is 11.5. The van der Waals surface area contributed by atoms with Gasteiger partial charge < -0.3 is 9.67 Å². The number of aryl methyl sites for hydroxylation is 1. The first kappa shape index (κ1) is 13.1. The van der Waals surface area contributed by atoms with Crippen LogP contribution < -0.4 is 5.56 Å². The van der Waals surface area contributed by atoms with Gasteiger partial charge in [0.05, 0.1) is 12.7 Å². The molecule has 0 saturated heterocycles. The molecule has 2 aromatic heterocycles. The van der Waals surface area contributed by atoms with Gasteiger partial charge in [-0.1, -0.05) is 35.5 Å². The molecule has 0 aliphatic carbocycles. The van der Waals surface area contributed by atoms with Gasteiger partial charge in [0.1, 0.15) is 5.69 Å². The SMILES string of the molecule is Cn1cc(-c2cn(Cc3ccccc3)nn2)cc(O)c1=O. The van der Waals surface area contributed by atoms with E-state index in [0.29, 0.717) is 17.8 Å². The summed E-state index contributed by atoms with van der Waals surface area (Å²) in [5, 5.41) is 17.7. The third-order valence-corrected chi connectivity index (χ3v) is 3.19. The van der Waals surface area contributed by atoms with Gasteiger partial charge in [0, 0.05) is 18.8 Å². The number of rotatable bonds is 3. The molecule has 106 valence electrons. The van der Waals surface area contributed by atoms with Crippen LogP contribution in [0.1, 0.15) is 5.56 Å². The van der Waals surface area contributed by atoms with Crippen LogP contribution in [0.25, 0.3) is 11.3 Å². The number of pyridine rings is 1. The molecule has 6 heteroatoms. The average Bonchev–Trinajstić information content (AvgIpc) is 2.94. The quantitative estimate of drug-likeness (QED) is 0.788. The van der Waals surface area contributed by atoms with Gasteiger partial charge >= 0.3 is 0 Å². The lowest BCUT2D eigenvalue weighted by Crippen LogP contribution is -2.15. The minimum Gasteiger partial charge on any atom is -0.503 e. The van der Waals surface area contributed by atoms with Crippen LogP contribution in [0.15, 0.2) is 53.6 Å². The maximum atomic E-state index is 11.5. The molecule has 0 atom stereocenters. The minimum absolute atomic E-state index is 0.299. The Bertz CT molecular complexity index is 795. The van der Waals surface area contributed by atoms with Crippen molar-refractivity contribution in [2.24, 2.45) is 7.05 Å². The van der Waals surface area contributed by atoms with Crippen molar-refractivity contribution in [1.29, 1.82) is 0 Å². The third-order valence-electron chi connectivity index (χ3n) is 3.19. The molecule has 0 radical (unpaired) electrons. The van der Waals surface area contributed by atoms with Crippen molar-refractivity contribution >= 4 is 0 Å². The Labute approximate surface area is 120 Å². The Kier molecular flexibility index (Phi) is 3.27. The molecule has 0 spiro atoms. The predicted octanol–water partition coefficient (Wildman–Crippen LogP) is 1.40. The Morgan fingerprint density at radius 2 is 1.95 bits per heavy atom. The zero-order chi connectivity index (χ0) is 14.8. The lowest BCUT2D eigenvalue weighted by atomic mass is 10.2. The number of nitrogens with zero attached hydrogens (tertiary/aromatic N) is 4. The summed E-state index contributed by atoms with van der Waals surface area (Å²) in [7, 11) is 1.58. The average molecular weight is 282 g/mol. The van der Waals surface area contributed by atoms with Crippen LogP contribution in [0.4, 0.5) is 0 Å². The molecular weight excluding hydrogens is 268 g/mol. The Morgan fingerprint density at radius 1 is 1.19 bits per heavy atom. The molecule has 1 N–H and O–H groups in total. The van der Waals surface area contributed by atoms with Gasteiger partial charge in [-0.05, 0) is 11.6 Å². The van der Waals surface area contributed by atoms with Gasteiger partial charge in [0.2, 0.25) is 0 Å². The second-order valence-corrected chi connectivity index (χ2v) is 4.82. The van der Waals surface area contributed by atoms with Crippen LogP contribution in [0, 0.1) is 0 Å². The van der Waals surface area contributed by atoms with E-state index in [1.807, 2.05) is 30.3 Å². The van der Waals surface area contributed by atoms with Gasteiger partial charge in [-0.15, -0.1) is 5.10 Å². The van der Waals surface area contributed by atoms with Crippen molar-refractivity contribution < 1.29 is 5.11 Å². The Hall–Kier alpha value is -2.89. The van der Waals surface area contributed by atoms with Crippen molar-refractivity contribution in [3.63, 3.8) is 0 Å². The molecule has 0 fully saturated rings. The van der Waals surface area contributed by atoms with Crippen molar-refractivity contribution in [2.75, 3.05) is 0 Å². The summed E-state index contributed by atoms with van der Waals surface area (Å²) in [5.41, 5.74) is 1.94. The third kappa shape index (κ3) is 2.69. The molecule has 3 rings (SSSR count). The molecule has 2 heterocycles. The molecule has 0 amide bonds. The highest BCUT2D eigenvalue weighted by Crippen LogP contribution is 2.18. The van der Waals surface area contributed by atoms with E-state index in [2.05, 4.69) is 10.3 Å². The van der Waals surface area contributed by atoms with E-state index in [1.54, 1.807) is 24.1 Å². The standard InChI is InChI=1S/C15H14N4O2/c1-18-9-12(7-14(20)15(18)21)13-10-19(17-16-13)8-11-5-3-2-4-6-11/h2-7,9-10,20H,8H2,1H3. The number of benzene rings is 1. The maximum Gasteiger partial charge on any atom is 0.292 e. The summed E-state index contributed by atoms with van der Waals surface area (Å²) >= 11 is 0. The van der Waals surface area contributed by atoms with Crippen LogP contribution >= 0.6 is 0 Å². The first-order chi connectivity index (χ1) is 10.1. The molecule has 3 aromatic rings. The zero-order valence-corrected chi connectivity index (χ0v) is 11.5. The van der Waals surface area contributed by atoms with E-state index >= 15 is 0 Å². The van der Waals surface area contributed by atoms with Crippen LogP contribution in [0.5, 0.6) is 5.75 Å². The highest BCUT2D eigenvalue weighted by atomic mass is 16.3. The monoisotopic (exact) mass is 282 g/mol. The second-order valence-electron chi connectivity index (χ2n) is 4.82. The van der Waals surface area contributed by atoms with Gasteiger partial charge in [0.15, 0.2) is 5.75 Å². The molecule has 0 aliphatic heterocycles. The molecular formula is C15H14N4O2. The first-order valence-corrected chi connectivity index (χ1v) is 6.47. The number of hydrogen-bond donors (Lipinski definition) is 1. The molecule has 1 aromatic carbocycles. The van der Waals surface area contributed by atoms with E-state index in [0.717, 1.165) is 5.56 Å². The van der Waals surface area contributed by atoms with E-state index in [9.17, 15) is 9.90 Å². The number of hydrogen-bond acceptors (Lipinski definition) is 4. The highest BCUT2D eigenvalue weighted by molar-refractivity contribution is 5.58. The number of aromatic hydroxyl groups is 1. The highest BCUT2D eigenvalue weighted by Gasteiger charge is 2.08.